The minimum Gasteiger partial charge on any atom is -0.379 e. The van der Waals surface area contributed by atoms with Crippen LogP contribution in [0, 0.1) is 0 Å². The van der Waals surface area contributed by atoms with Crippen LogP contribution in [0.25, 0.3) is 0 Å². The predicted molar refractivity (Wildman–Crippen MR) is 112 cm³/mol. The molecule has 1 saturated heterocycles. The highest BCUT2D eigenvalue weighted by molar-refractivity contribution is 5.52. The topological polar surface area (TPSA) is 18.5 Å². The first-order chi connectivity index (χ1) is 15.0. The van der Waals surface area contributed by atoms with Crippen molar-refractivity contribution in [2.45, 2.75) is 37.1 Å². The maximum atomic E-state index is 13.7. The standard InChI is InChI=1S/C26H23F3O2/c27-26(28,29)24-9-5-4-8-20(24)22-13-25(16-31-17-25)23-11-10-19(12-21(22)23)15-30-14-18-6-2-1-3-7-18/h1-12,22H,13-17H2. The fourth-order valence-corrected chi connectivity index (χ4v) is 4.90. The van der Waals surface area contributed by atoms with Crippen LogP contribution in [0.1, 0.15) is 45.7 Å². The maximum absolute atomic E-state index is 13.7. The second kappa shape index (κ2) is 7.81. The van der Waals surface area contributed by atoms with Gasteiger partial charge in [-0.05, 0) is 40.3 Å². The second-order valence-corrected chi connectivity index (χ2v) is 8.51. The van der Waals surface area contributed by atoms with Crippen molar-refractivity contribution < 1.29 is 22.6 Å². The number of halogens is 3. The first-order valence-electron chi connectivity index (χ1n) is 10.5. The third-order valence-electron chi connectivity index (χ3n) is 6.44. The highest BCUT2D eigenvalue weighted by Gasteiger charge is 2.50. The molecule has 2 aliphatic rings. The van der Waals surface area contributed by atoms with Gasteiger partial charge in [-0.15, -0.1) is 0 Å². The Balaban J connectivity index is 1.45. The van der Waals surface area contributed by atoms with Gasteiger partial charge in [-0.1, -0.05) is 66.7 Å². The molecular formula is C26H23F3O2. The Hall–Kier alpha value is -2.63. The average Bonchev–Trinajstić information content (AvgIpc) is 3.09. The minimum absolute atomic E-state index is 0.178. The molecule has 0 aromatic heterocycles. The van der Waals surface area contributed by atoms with E-state index in [-0.39, 0.29) is 11.3 Å². The van der Waals surface area contributed by atoms with Crippen LogP contribution in [0.4, 0.5) is 13.2 Å². The summed E-state index contributed by atoms with van der Waals surface area (Å²) in [7, 11) is 0. The molecule has 5 heteroatoms. The fraction of sp³-hybridized carbons (Fsp3) is 0.308. The second-order valence-electron chi connectivity index (χ2n) is 8.51. The molecule has 160 valence electrons. The van der Waals surface area contributed by atoms with Gasteiger partial charge in [0, 0.05) is 11.3 Å². The van der Waals surface area contributed by atoms with Gasteiger partial charge in [-0.3, -0.25) is 0 Å². The summed E-state index contributed by atoms with van der Waals surface area (Å²) in [5.41, 5.74) is 3.78. The van der Waals surface area contributed by atoms with Crippen molar-refractivity contribution in [3.05, 3.63) is 106 Å². The normalized spacial score (nSPS) is 19.3. The van der Waals surface area contributed by atoms with E-state index in [2.05, 4.69) is 6.07 Å². The molecular weight excluding hydrogens is 401 g/mol. The van der Waals surface area contributed by atoms with Crippen LogP contribution >= 0.6 is 0 Å². The van der Waals surface area contributed by atoms with Gasteiger partial charge in [0.2, 0.25) is 0 Å². The quantitative estimate of drug-likeness (QED) is 0.484. The van der Waals surface area contributed by atoms with Gasteiger partial charge in [-0.25, -0.2) is 0 Å². The van der Waals surface area contributed by atoms with Crippen molar-refractivity contribution in [2.75, 3.05) is 13.2 Å². The van der Waals surface area contributed by atoms with Crippen molar-refractivity contribution in [3.8, 4) is 0 Å². The number of hydrogen-bond acceptors (Lipinski definition) is 2. The van der Waals surface area contributed by atoms with E-state index in [0.717, 1.165) is 22.3 Å². The predicted octanol–water partition coefficient (Wildman–Crippen LogP) is 6.23. The summed E-state index contributed by atoms with van der Waals surface area (Å²) < 4.78 is 52.6. The van der Waals surface area contributed by atoms with Crippen molar-refractivity contribution in [2.24, 2.45) is 0 Å². The number of ether oxygens (including phenoxy) is 2. The minimum atomic E-state index is -4.38. The first kappa shape index (κ1) is 20.3. The van der Waals surface area contributed by atoms with E-state index < -0.39 is 11.7 Å². The molecule has 1 heterocycles. The fourth-order valence-electron chi connectivity index (χ4n) is 4.90. The Bertz CT molecular complexity index is 1070. The maximum Gasteiger partial charge on any atom is 0.416 e. The number of alkyl halides is 3. The molecule has 1 atom stereocenters. The van der Waals surface area contributed by atoms with Gasteiger partial charge >= 0.3 is 6.18 Å². The lowest BCUT2D eigenvalue weighted by Crippen LogP contribution is -2.45. The van der Waals surface area contributed by atoms with Gasteiger partial charge in [0.15, 0.2) is 0 Å². The van der Waals surface area contributed by atoms with E-state index >= 15 is 0 Å². The van der Waals surface area contributed by atoms with Crippen LogP contribution in [0.2, 0.25) is 0 Å². The van der Waals surface area contributed by atoms with E-state index in [1.165, 1.54) is 12.1 Å². The third kappa shape index (κ3) is 3.77. The molecule has 0 saturated carbocycles. The lowest BCUT2D eigenvalue weighted by atomic mass is 9.78. The molecule has 0 N–H and O–H groups in total. The monoisotopic (exact) mass is 424 g/mol. The van der Waals surface area contributed by atoms with E-state index in [0.29, 0.717) is 38.4 Å². The van der Waals surface area contributed by atoms with Gasteiger partial charge in [0.25, 0.3) is 0 Å². The summed E-state index contributed by atoms with van der Waals surface area (Å²) in [5.74, 6) is -0.300. The van der Waals surface area contributed by atoms with Gasteiger partial charge in [-0.2, -0.15) is 13.2 Å². The summed E-state index contributed by atoms with van der Waals surface area (Å²) in [5, 5.41) is 0. The van der Waals surface area contributed by atoms with Crippen molar-refractivity contribution in [3.63, 3.8) is 0 Å². The molecule has 31 heavy (non-hydrogen) atoms. The van der Waals surface area contributed by atoms with Crippen LogP contribution in [0.5, 0.6) is 0 Å². The highest BCUT2D eigenvalue weighted by Crippen LogP contribution is 2.54. The third-order valence-corrected chi connectivity index (χ3v) is 6.44. The number of hydrogen-bond donors (Lipinski definition) is 0. The van der Waals surface area contributed by atoms with Crippen molar-refractivity contribution >= 4 is 0 Å². The Morgan fingerprint density at radius 2 is 1.55 bits per heavy atom. The van der Waals surface area contributed by atoms with E-state index in [1.807, 2.05) is 42.5 Å². The molecule has 0 radical (unpaired) electrons. The zero-order valence-electron chi connectivity index (χ0n) is 17.0. The highest BCUT2D eigenvalue weighted by atomic mass is 19.4. The molecule has 1 aliphatic heterocycles. The van der Waals surface area contributed by atoms with E-state index in [1.54, 1.807) is 12.1 Å². The van der Waals surface area contributed by atoms with E-state index in [4.69, 9.17) is 9.47 Å². The summed E-state index contributed by atoms with van der Waals surface area (Å²) >= 11 is 0. The molecule has 1 fully saturated rings. The van der Waals surface area contributed by atoms with Gasteiger partial charge in [0.1, 0.15) is 0 Å². The molecule has 2 nitrogen and oxygen atoms in total. The van der Waals surface area contributed by atoms with Crippen molar-refractivity contribution in [1.29, 1.82) is 0 Å². The molecule has 3 aromatic rings. The Morgan fingerprint density at radius 1 is 0.839 bits per heavy atom. The molecule has 1 unspecified atom stereocenters. The van der Waals surface area contributed by atoms with Gasteiger partial charge < -0.3 is 9.47 Å². The van der Waals surface area contributed by atoms with Crippen molar-refractivity contribution in [1.82, 2.24) is 0 Å². The lowest BCUT2D eigenvalue weighted by molar-refractivity contribution is -0.138. The first-order valence-corrected chi connectivity index (χ1v) is 10.5. The van der Waals surface area contributed by atoms with Crippen LogP contribution in [-0.2, 0) is 34.3 Å². The number of rotatable bonds is 5. The van der Waals surface area contributed by atoms with Crippen LogP contribution in [0.3, 0.4) is 0 Å². The van der Waals surface area contributed by atoms with Crippen LogP contribution in [0.15, 0.2) is 72.8 Å². The summed E-state index contributed by atoms with van der Waals surface area (Å²) in [4.78, 5) is 0. The lowest BCUT2D eigenvalue weighted by Gasteiger charge is -2.39. The largest absolute Gasteiger partial charge is 0.416 e. The summed E-state index contributed by atoms with van der Waals surface area (Å²) in [6.45, 7) is 2.04. The molecule has 3 aromatic carbocycles. The molecule has 0 amide bonds. The SMILES string of the molecule is FC(F)(F)c1ccccc1C1CC2(COC2)c2ccc(COCc3ccccc3)cc21. The molecule has 5 rings (SSSR count). The van der Waals surface area contributed by atoms with Crippen LogP contribution in [-0.4, -0.2) is 13.2 Å². The smallest absolute Gasteiger partial charge is 0.379 e. The zero-order chi connectivity index (χ0) is 21.5. The van der Waals surface area contributed by atoms with Crippen LogP contribution < -0.4 is 0 Å². The Labute approximate surface area is 179 Å². The number of benzene rings is 3. The summed E-state index contributed by atoms with van der Waals surface area (Å²) in [6.07, 6.45) is -3.73. The average molecular weight is 424 g/mol. The van der Waals surface area contributed by atoms with E-state index in [9.17, 15) is 13.2 Å². The Kier molecular flexibility index (Phi) is 5.11. The molecule has 1 aliphatic carbocycles. The molecule has 1 spiro atoms. The zero-order valence-corrected chi connectivity index (χ0v) is 17.0. The summed E-state index contributed by atoms with van der Waals surface area (Å²) in [6, 6.07) is 22.0. The molecule has 0 bridgehead atoms. The van der Waals surface area contributed by atoms with Gasteiger partial charge in [0.05, 0.1) is 32.0 Å². The number of fused-ring (bicyclic) bond motifs is 2. The Morgan fingerprint density at radius 3 is 2.26 bits per heavy atom.